The number of benzene rings is 8. The number of hydrogen-bond donors (Lipinski definition) is 0. The zero-order valence-corrected chi connectivity index (χ0v) is 26.8. The molecule has 8 aromatic carbocycles. The number of nitrogens with zero attached hydrogens (tertiary/aromatic N) is 2. The maximum atomic E-state index is 2.62. The fourth-order valence-corrected chi connectivity index (χ4v) is 9.42. The van der Waals surface area contributed by atoms with Gasteiger partial charge in [-0.2, -0.15) is 0 Å². The minimum absolute atomic E-state index is 0.00657. The lowest BCUT2D eigenvalue weighted by atomic mass is 9.43. The highest BCUT2D eigenvalue weighted by molar-refractivity contribution is 7.99. The van der Waals surface area contributed by atoms with Crippen LogP contribution in [0.25, 0.3) is 43.8 Å². The Kier molecular flexibility index (Phi) is 5.44. The molecule has 0 radical (unpaired) electrons. The van der Waals surface area contributed by atoms with Gasteiger partial charge in [-0.05, 0) is 97.7 Å². The van der Waals surface area contributed by atoms with Crippen LogP contribution in [0, 0.1) is 0 Å². The van der Waals surface area contributed by atoms with Crippen molar-refractivity contribution < 1.29 is 0 Å². The average Bonchev–Trinajstić information content (AvgIpc) is 3.15. The maximum absolute atomic E-state index is 2.62. The fraction of sp³-hybridized carbons (Fsp3) is 0. The molecule has 8 aromatic rings. The summed E-state index contributed by atoms with van der Waals surface area (Å²) in [6.07, 6.45) is 0. The predicted octanol–water partition coefficient (Wildman–Crippen LogP) is 10.8. The van der Waals surface area contributed by atoms with Crippen molar-refractivity contribution in [2.75, 3.05) is 9.71 Å². The monoisotopic (exact) mass is 626 g/mol. The number of rotatable bonds is 2. The molecule has 0 aromatic heterocycles. The minimum Gasteiger partial charge on any atom is -0.376 e. The molecule has 48 heavy (non-hydrogen) atoms. The van der Waals surface area contributed by atoms with Gasteiger partial charge in [0.1, 0.15) is 0 Å². The molecule has 0 unspecified atom stereocenters. The Morgan fingerprint density at radius 3 is 2.00 bits per heavy atom. The largest absolute Gasteiger partial charge is 0.376 e. The third kappa shape index (κ3) is 3.61. The van der Waals surface area contributed by atoms with Crippen molar-refractivity contribution in [1.29, 1.82) is 0 Å². The predicted molar refractivity (Wildman–Crippen MR) is 205 cm³/mol. The summed E-state index contributed by atoms with van der Waals surface area (Å²) in [4.78, 5) is 7.77. The first-order valence-corrected chi connectivity index (χ1v) is 17.4. The van der Waals surface area contributed by atoms with Crippen LogP contribution in [0.5, 0.6) is 0 Å². The van der Waals surface area contributed by atoms with Gasteiger partial charge >= 0.3 is 6.85 Å². The summed E-state index contributed by atoms with van der Waals surface area (Å²) in [5.41, 5.74) is 14.0. The molecule has 0 N–H and O–H groups in total. The highest BCUT2D eigenvalue weighted by Crippen LogP contribution is 2.55. The van der Waals surface area contributed by atoms with E-state index in [4.69, 9.17) is 0 Å². The van der Waals surface area contributed by atoms with E-state index in [9.17, 15) is 0 Å². The second kappa shape index (κ2) is 9.90. The lowest BCUT2D eigenvalue weighted by Crippen LogP contribution is -2.62. The molecule has 0 saturated carbocycles. The Morgan fingerprint density at radius 2 is 1.15 bits per heavy atom. The van der Waals surface area contributed by atoms with E-state index in [1.807, 2.05) is 11.8 Å². The zero-order valence-electron chi connectivity index (χ0n) is 26.0. The van der Waals surface area contributed by atoms with Gasteiger partial charge in [0.25, 0.3) is 0 Å². The van der Waals surface area contributed by atoms with Crippen molar-refractivity contribution in [2.45, 2.75) is 9.79 Å². The summed E-state index contributed by atoms with van der Waals surface area (Å²) < 4.78 is 0. The van der Waals surface area contributed by atoms with Gasteiger partial charge in [-0.3, -0.25) is 0 Å². The molecular weight excluding hydrogens is 599 g/mol. The van der Waals surface area contributed by atoms with E-state index >= 15 is 0 Å². The molecule has 0 amide bonds. The van der Waals surface area contributed by atoms with Crippen LogP contribution in [0.2, 0.25) is 0 Å². The molecule has 0 saturated heterocycles. The van der Waals surface area contributed by atoms with Gasteiger partial charge in [-0.15, -0.1) is 0 Å². The van der Waals surface area contributed by atoms with Crippen LogP contribution in [0.15, 0.2) is 174 Å². The quantitative estimate of drug-likeness (QED) is 0.176. The molecule has 3 aliphatic rings. The normalized spacial score (nSPS) is 13.6. The third-order valence-electron chi connectivity index (χ3n) is 10.4. The van der Waals surface area contributed by atoms with E-state index in [-0.39, 0.29) is 6.85 Å². The van der Waals surface area contributed by atoms with Crippen LogP contribution in [0.4, 0.5) is 28.4 Å². The molecule has 11 rings (SSSR count). The standard InChI is InChI=1S/C44H27BN2S/c1-2-11-28(12-3-1)29-21-23-33(24-22-29)47-38-26-31-14-5-4-13-30(31)25-35(38)42-34-16-7-6-15-32(34)27-39-43(42)45(47)36-17-10-20-41-44(36)46(39)37-18-8-9-19-40(37)48-41/h1-27H. The van der Waals surface area contributed by atoms with Gasteiger partial charge in [0.2, 0.25) is 0 Å². The van der Waals surface area contributed by atoms with Crippen molar-refractivity contribution in [3.05, 3.63) is 164 Å². The topological polar surface area (TPSA) is 6.48 Å². The van der Waals surface area contributed by atoms with Crippen molar-refractivity contribution in [1.82, 2.24) is 0 Å². The van der Waals surface area contributed by atoms with Crippen LogP contribution >= 0.6 is 11.8 Å². The third-order valence-corrected chi connectivity index (χ3v) is 11.5. The van der Waals surface area contributed by atoms with Crippen LogP contribution < -0.4 is 20.6 Å². The van der Waals surface area contributed by atoms with Gasteiger partial charge in [0, 0.05) is 32.4 Å². The summed E-state index contributed by atoms with van der Waals surface area (Å²) in [5.74, 6) is 0. The number of fused-ring (bicyclic) bond motifs is 9. The second-order valence-corrected chi connectivity index (χ2v) is 14.0. The molecule has 2 nitrogen and oxygen atoms in total. The Labute approximate surface area is 284 Å². The van der Waals surface area contributed by atoms with Crippen molar-refractivity contribution >= 4 is 79.5 Å². The Bertz CT molecular complexity index is 2610. The molecule has 0 aliphatic carbocycles. The van der Waals surface area contributed by atoms with Crippen molar-refractivity contribution in [2.24, 2.45) is 0 Å². The van der Waals surface area contributed by atoms with E-state index in [0.717, 1.165) is 0 Å². The van der Waals surface area contributed by atoms with Crippen LogP contribution in [0.1, 0.15) is 0 Å². The summed E-state index contributed by atoms with van der Waals surface area (Å²) >= 11 is 1.89. The Balaban J connectivity index is 1.27. The van der Waals surface area contributed by atoms with E-state index in [2.05, 4.69) is 174 Å². The van der Waals surface area contributed by atoms with Crippen molar-refractivity contribution in [3.8, 4) is 22.3 Å². The molecule has 3 aliphatic heterocycles. The van der Waals surface area contributed by atoms with E-state index in [1.54, 1.807) is 0 Å². The SMILES string of the molecule is c1ccc(-c2ccc(N3B4c5cccc6c5N(c5ccccc5S6)c5cc6ccccc6c(c54)-c4cc5ccccc5cc43)cc2)cc1. The van der Waals surface area contributed by atoms with Gasteiger partial charge in [-0.25, -0.2) is 0 Å². The van der Waals surface area contributed by atoms with E-state index in [0.29, 0.717) is 0 Å². The maximum Gasteiger partial charge on any atom is 0.333 e. The summed E-state index contributed by atoms with van der Waals surface area (Å²) in [6.45, 7) is -0.00657. The molecule has 0 bridgehead atoms. The van der Waals surface area contributed by atoms with Crippen molar-refractivity contribution in [3.63, 3.8) is 0 Å². The highest BCUT2D eigenvalue weighted by Gasteiger charge is 2.47. The number of hydrogen-bond acceptors (Lipinski definition) is 3. The molecule has 222 valence electrons. The van der Waals surface area contributed by atoms with Gasteiger partial charge < -0.3 is 9.71 Å². The highest BCUT2D eigenvalue weighted by atomic mass is 32.2. The minimum atomic E-state index is -0.00657. The Hall–Kier alpha value is -5.71. The second-order valence-electron chi connectivity index (χ2n) is 12.9. The smallest absolute Gasteiger partial charge is 0.333 e. The molecular formula is C44H27BN2S. The van der Waals surface area contributed by atoms with Crippen LogP contribution in [-0.4, -0.2) is 6.85 Å². The molecule has 0 spiro atoms. The lowest BCUT2D eigenvalue weighted by molar-refractivity contribution is 1.17. The fourth-order valence-electron chi connectivity index (χ4n) is 8.32. The molecule has 3 heterocycles. The molecule has 4 heteroatoms. The summed E-state index contributed by atoms with van der Waals surface area (Å²) in [7, 11) is 0. The van der Waals surface area contributed by atoms with Crippen LogP contribution in [0.3, 0.4) is 0 Å². The van der Waals surface area contributed by atoms with Gasteiger partial charge in [0.05, 0.1) is 11.4 Å². The number of anilines is 5. The first-order valence-electron chi connectivity index (χ1n) is 16.6. The molecule has 0 fully saturated rings. The zero-order chi connectivity index (χ0) is 31.3. The first-order chi connectivity index (χ1) is 23.8. The molecule has 0 atom stereocenters. The van der Waals surface area contributed by atoms with E-state index < -0.39 is 0 Å². The average molecular weight is 627 g/mol. The van der Waals surface area contributed by atoms with Gasteiger partial charge in [0.15, 0.2) is 0 Å². The van der Waals surface area contributed by atoms with E-state index in [1.165, 1.54) is 93.0 Å². The number of para-hydroxylation sites is 2. The first kappa shape index (κ1) is 26.4. The lowest BCUT2D eigenvalue weighted by Gasteiger charge is -2.47. The van der Waals surface area contributed by atoms with Gasteiger partial charge in [-0.1, -0.05) is 127 Å². The Morgan fingerprint density at radius 1 is 0.479 bits per heavy atom. The van der Waals surface area contributed by atoms with Crippen LogP contribution in [-0.2, 0) is 0 Å². The summed E-state index contributed by atoms with van der Waals surface area (Å²) in [5, 5.41) is 5.08. The summed E-state index contributed by atoms with van der Waals surface area (Å²) in [6, 6.07) is 60.7.